The van der Waals surface area contributed by atoms with Crippen molar-refractivity contribution in [2.24, 2.45) is 11.3 Å². The molecule has 4 heteroatoms. The minimum Gasteiger partial charge on any atom is -0.355 e. The molecule has 1 saturated carbocycles. The van der Waals surface area contributed by atoms with Gasteiger partial charge in [-0.25, -0.2) is 0 Å². The van der Waals surface area contributed by atoms with Crippen molar-refractivity contribution in [2.75, 3.05) is 32.7 Å². The van der Waals surface area contributed by atoms with E-state index < -0.39 is 0 Å². The van der Waals surface area contributed by atoms with Crippen LogP contribution in [0.5, 0.6) is 0 Å². The van der Waals surface area contributed by atoms with E-state index in [0.717, 1.165) is 44.9 Å². The lowest BCUT2D eigenvalue weighted by atomic mass is 9.77. The van der Waals surface area contributed by atoms with Crippen LogP contribution in [0.25, 0.3) is 0 Å². The maximum Gasteiger partial charge on any atom is 0.227 e. The molecule has 3 fully saturated rings. The second kappa shape index (κ2) is 6.02. The SMILES string of the molecule is CCC1(C(=O)NCC2CCN(C3CC3)C2)CCCNC1. The van der Waals surface area contributed by atoms with Crippen molar-refractivity contribution in [2.45, 2.75) is 51.5 Å². The maximum atomic E-state index is 12.6. The van der Waals surface area contributed by atoms with Crippen LogP contribution >= 0.6 is 0 Å². The molecule has 1 aliphatic carbocycles. The van der Waals surface area contributed by atoms with Crippen molar-refractivity contribution >= 4 is 5.91 Å². The molecule has 0 spiro atoms. The van der Waals surface area contributed by atoms with Gasteiger partial charge in [-0.1, -0.05) is 6.92 Å². The molecule has 1 amide bonds. The van der Waals surface area contributed by atoms with E-state index in [2.05, 4.69) is 22.5 Å². The van der Waals surface area contributed by atoms with Gasteiger partial charge in [-0.15, -0.1) is 0 Å². The molecule has 0 radical (unpaired) electrons. The molecule has 114 valence electrons. The Morgan fingerprint density at radius 3 is 2.90 bits per heavy atom. The molecule has 0 aromatic rings. The molecule has 4 nitrogen and oxygen atoms in total. The monoisotopic (exact) mass is 279 g/mol. The quantitative estimate of drug-likeness (QED) is 0.799. The zero-order valence-electron chi connectivity index (χ0n) is 12.8. The molecule has 2 unspecified atom stereocenters. The minimum atomic E-state index is -0.146. The van der Waals surface area contributed by atoms with Crippen LogP contribution in [0.1, 0.15) is 45.4 Å². The van der Waals surface area contributed by atoms with Crippen molar-refractivity contribution in [3.05, 3.63) is 0 Å². The van der Waals surface area contributed by atoms with Crippen LogP contribution in [0.4, 0.5) is 0 Å². The molecule has 20 heavy (non-hydrogen) atoms. The smallest absolute Gasteiger partial charge is 0.227 e. The highest BCUT2D eigenvalue weighted by Crippen LogP contribution is 2.32. The first-order valence-corrected chi connectivity index (χ1v) is 8.46. The number of carbonyl (C=O) groups is 1. The van der Waals surface area contributed by atoms with Gasteiger partial charge in [0.25, 0.3) is 0 Å². The number of amides is 1. The molecular weight excluding hydrogens is 250 g/mol. The Morgan fingerprint density at radius 1 is 1.40 bits per heavy atom. The third-order valence-corrected chi connectivity index (χ3v) is 5.56. The Hall–Kier alpha value is -0.610. The molecule has 2 atom stereocenters. The maximum absolute atomic E-state index is 12.6. The third kappa shape index (κ3) is 3.01. The molecule has 2 N–H and O–H groups in total. The van der Waals surface area contributed by atoms with E-state index in [1.54, 1.807) is 0 Å². The minimum absolute atomic E-state index is 0.146. The standard InChI is InChI=1S/C16H29N3O/c1-2-16(7-3-8-17-12-16)15(20)18-10-13-6-9-19(11-13)14-4-5-14/h13-14,17H,2-12H2,1H3,(H,18,20). The van der Waals surface area contributed by atoms with Crippen molar-refractivity contribution in [3.8, 4) is 0 Å². The van der Waals surface area contributed by atoms with E-state index in [0.29, 0.717) is 5.92 Å². The van der Waals surface area contributed by atoms with E-state index in [1.165, 1.54) is 32.4 Å². The lowest BCUT2D eigenvalue weighted by Gasteiger charge is -2.35. The van der Waals surface area contributed by atoms with Crippen LogP contribution < -0.4 is 10.6 Å². The number of nitrogens with zero attached hydrogens (tertiary/aromatic N) is 1. The predicted octanol–water partition coefficient (Wildman–Crippen LogP) is 1.37. The number of rotatable bonds is 5. The third-order valence-electron chi connectivity index (χ3n) is 5.56. The van der Waals surface area contributed by atoms with Crippen LogP contribution in [0.2, 0.25) is 0 Å². The summed E-state index contributed by atoms with van der Waals surface area (Å²) < 4.78 is 0. The van der Waals surface area contributed by atoms with Gasteiger partial charge in [-0.3, -0.25) is 4.79 Å². The highest BCUT2D eigenvalue weighted by molar-refractivity contribution is 5.83. The Morgan fingerprint density at radius 2 is 2.25 bits per heavy atom. The van der Waals surface area contributed by atoms with Gasteiger partial charge in [0.2, 0.25) is 5.91 Å². The van der Waals surface area contributed by atoms with Gasteiger partial charge in [0, 0.05) is 25.7 Å². The Labute approximate surface area is 122 Å². The van der Waals surface area contributed by atoms with Crippen LogP contribution in [0.15, 0.2) is 0 Å². The van der Waals surface area contributed by atoms with Crippen molar-refractivity contribution in [1.82, 2.24) is 15.5 Å². The van der Waals surface area contributed by atoms with E-state index in [-0.39, 0.29) is 11.3 Å². The second-order valence-corrected chi connectivity index (χ2v) is 7.01. The highest BCUT2D eigenvalue weighted by atomic mass is 16.2. The molecule has 3 rings (SSSR count). The molecule has 0 aromatic heterocycles. The zero-order valence-corrected chi connectivity index (χ0v) is 12.8. The summed E-state index contributed by atoms with van der Waals surface area (Å²) in [5.74, 6) is 0.960. The average Bonchev–Trinajstić information content (AvgIpc) is 3.24. The Balaban J connectivity index is 1.46. The van der Waals surface area contributed by atoms with E-state index in [1.807, 2.05) is 0 Å². The summed E-state index contributed by atoms with van der Waals surface area (Å²) in [5.41, 5.74) is -0.146. The molecule has 0 bridgehead atoms. The van der Waals surface area contributed by atoms with Gasteiger partial charge in [0.1, 0.15) is 0 Å². The molecule has 3 aliphatic rings. The van der Waals surface area contributed by atoms with Gasteiger partial charge in [0.05, 0.1) is 5.41 Å². The van der Waals surface area contributed by atoms with Crippen molar-refractivity contribution in [1.29, 1.82) is 0 Å². The zero-order chi connectivity index (χ0) is 14.0. The van der Waals surface area contributed by atoms with E-state index in [4.69, 9.17) is 0 Å². The van der Waals surface area contributed by atoms with E-state index >= 15 is 0 Å². The van der Waals surface area contributed by atoms with Crippen LogP contribution in [0.3, 0.4) is 0 Å². The van der Waals surface area contributed by atoms with Crippen LogP contribution in [0, 0.1) is 11.3 Å². The summed E-state index contributed by atoms with van der Waals surface area (Å²) in [4.78, 5) is 15.2. The summed E-state index contributed by atoms with van der Waals surface area (Å²) in [7, 11) is 0. The van der Waals surface area contributed by atoms with Crippen molar-refractivity contribution < 1.29 is 4.79 Å². The first-order valence-electron chi connectivity index (χ1n) is 8.46. The van der Waals surface area contributed by atoms with Gasteiger partial charge in [0.15, 0.2) is 0 Å². The van der Waals surface area contributed by atoms with Gasteiger partial charge in [-0.2, -0.15) is 0 Å². The van der Waals surface area contributed by atoms with Gasteiger partial charge in [-0.05, 0) is 57.5 Å². The Kier molecular flexibility index (Phi) is 4.32. The van der Waals surface area contributed by atoms with Crippen LogP contribution in [-0.2, 0) is 4.79 Å². The topological polar surface area (TPSA) is 44.4 Å². The fourth-order valence-corrected chi connectivity index (χ4v) is 3.85. The Bertz CT molecular complexity index is 348. The number of likely N-dealkylation sites (tertiary alicyclic amines) is 1. The summed E-state index contributed by atoms with van der Waals surface area (Å²) in [6, 6.07) is 0.875. The fraction of sp³-hybridized carbons (Fsp3) is 0.938. The summed E-state index contributed by atoms with van der Waals surface area (Å²) in [5, 5.41) is 6.66. The van der Waals surface area contributed by atoms with Gasteiger partial charge < -0.3 is 15.5 Å². The lowest BCUT2D eigenvalue weighted by molar-refractivity contribution is -0.132. The first kappa shape index (κ1) is 14.3. The number of carbonyl (C=O) groups excluding carboxylic acids is 1. The van der Waals surface area contributed by atoms with Gasteiger partial charge >= 0.3 is 0 Å². The molecule has 2 saturated heterocycles. The normalized spacial score (nSPS) is 35.1. The largest absolute Gasteiger partial charge is 0.355 e. The average molecular weight is 279 g/mol. The summed E-state index contributed by atoms with van der Waals surface area (Å²) >= 11 is 0. The van der Waals surface area contributed by atoms with E-state index in [9.17, 15) is 4.79 Å². The number of nitrogens with one attached hydrogen (secondary N) is 2. The number of piperidine rings is 1. The summed E-state index contributed by atoms with van der Waals surface area (Å²) in [6.07, 6.45) is 7.16. The number of hydrogen-bond donors (Lipinski definition) is 2. The molecule has 2 heterocycles. The molecule has 2 aliphatic heterocycles. The number of hydrogen-bond acceptors (Lipinski definition) is 3. The fourth-order valence-electron chi connectivity index (χ4n) is 3.85. The lowest BCUT2D eigenvalue weighted by Crippen LogP contribution is -2.51. The molecule has 0 aromatic carbocycles. The van der Waals surface area contributed by atoms with Crippen LogP contribution in [-0.4, -0.2) is 49.6 Å². The predicted molar refractivity (Wildman–Crippen MR) is 80.5 cm³/mol. The highest BCUT2D eigenvalue weighted by Gasteiger charge is 2.39. The summed E-state index contributed by atoms with van der Waals surface area (Å²) in [6.45, 7) is 7.39. The van der Waals surface area contributed by atoms with Crippen molar-refractivity contribution in [3.63, 3.8) is 0 Å². The second-order valence-electron chi connectivity index (χ2n) is 7.01. The first-order chi connectivity index (χ1) is 9.73. The molecular formula is C16H29N3O.